The molecule has 0 radical (unpaired) electrons. The molecule has 2 nitrogen and oxygen atoms in total. The Balaban J connectivity index is 3.40. The summed E-state index contributed by atoms with van der Waals surface area (Å²) in [6.45, 7) is 3.31. The van der Waals surface area contributed by atoms with Crippen LogP contribution in [0.3, 0.4) is 0 Å². The monoisotopic (exact) mass is 252 g/mol. The first kappa shape index (κ1) is 13.0. The van der Waals surface area contributed by atoms with E-state index in [2.05, 4.69) is 0 Å². The van der Waals surface area contributed by atoms with Crippen LogP contribution in [0.2, 0.25) is 0 Å². The summed E-state index contributed by atoms with van der Waals surface area (Å²) in [5.41, 5.74) is -4.17. The zero-order valence-corrected chi connectivity index (χ0v) is 9.61. The van der Waals surface area contributed by atoms with Crippen LogP contribution in [0.4, 0.5) is 13.2 Å². The highest BCUT2D eigenvalue weighted by Gasteiger charge is 2.46. The average Bonchev–Trinajstić information content (AvgIpc) is 2.15. The number of hydrogen-bond donors (Lipinski definition) is 0. The number of hydrogen-bond acceptors (Lipinski definition) is 2. The van der Waals surface area contributed by atoms with Crippen LogP contribution >= 0.6 is 0 Å². The van der Waals surface area contributed by atoms with E-state index in [1.165, 1.54) is 0 Å². The Bertz CT molecular complexity index is 489. The first-order valence-electron chi connectivity index (χ1n) is 4.60. The molecule has 90 valence electrons. The summed E-state index contributed by atoms with van der Waals surface area (Å²) in [7, 11) is -5.23. The molecule has 0 aromatic heterocycles. The Morgan fingerprint density at radius 2 is 1.75 bits per heavy atom. The van der Waals surface area contributed by atoms with E-state index in [0.717, 1.165) is 12.1 Å². The highest BCUT2D eigenvalue weighted by Crippen LogP contribution is 2.31. The molecule has 0 aliphatic heterocycles. The second-order valence-electron chi connectivity index (χ2n) is 3.46. The summed E-state index contributed by atoms with van der Waals surface area (Å²) in [5.74, 6) is 0. The minimum absolute atomic E-state index is 0.488. The highest BCUT2D eigenvalue weighted by atomic mass is 32.2. The molecular weight excluding hydrogens is 241 g/mol. The minimum atomic E-state index is -5.24. The van der Waals surface area contributed by atoms with Crippen LogP contribution in [0.5, 0.6) is 0 Å². The molecule has 1 aromatic carbocycles. The lowest BCUT2D eigenvalue weighted by Gasteiger charge is -2.10. The van der Waals surface area contributed by atoms with Crippen molar-refractivity contribution in [2.24, 2.45) is 0 Å². The summed E-state index contributed by atoms with van der Waals surface area (Å²) in [5, 5.41) is 0. The predicted molar refractivity (Wildman–Crippen MR) is 53.8 cm³/mol. The lowest BCUT2D eigenvalue weighted by Crippen LogP contribution is -2.23. The summed E-state index contributed by atoms with van der Waals surface area (Å²) >= 11 is 0. The third-order valence-corrected chi connectivity index (χ3v) is 3.60. The van der Waals surface area contributed by atoms with Crippen molar-refractivity contribution >= 4 is 9.84 Å². The van der Waals surface area contributed by atoms with Crippen molar-refractivity contribution in [3.63, 3.8) is 0 Å². The van der Waals surface area contributed by atoms with Gasteiger partial charge in [-0.05, 0) is 36.6 Å². The fourth-order valence-corrected chi connectivity index (χ4v) is 2.23. The summed E-state index contributed by atoms with van der Waals surface area (Å²) in [6.07, 6.45) is 0.488. The van der Waals surface area contributed by atoms with E-state index >= 15 is 0 Å². The van der Waals surface area contributed by atoms with Crippen molar-refractivity contribution in [3.05, 3.63) is 29.3 Å². The van der Waals surface area contributed by atoms with Crippen LogP contribution in [-0.4, -0.2) is 13.9 Å². The number of halogens is 3. The van der Waals surface area contributed by atoms with Gasteiger partial charge < -0.3 is 0 Å². The van der Waals surface area contributed by atoms with Crippen LogP contribution in [0, 0.1) is 6.92 Å². The van der Waals surface area contributed by atoms with Gasteiger partial charge in [-0.2, -0.15) is 13.2 Å². The van der Waals surface area contributed by atoms with Crippen LogP contribution in [0.25, 0.3) is 0 Å². The van der Waals surface area contributed by atoms with Crippen molar-refractivity contribution in [2.45, 2.75) is 30.7 Å². The topological polar surface area (TPSA) is 34.1 Å². The molecule has 1 rings (SSSR count). The zero-order valence-electron chi connectivity index (χ0n) is 8.80. The Labute approximate surface area is 92.0 Å². The van der Waals surface area contributed by atoms with Gasteiger partial charge in [0.1, 0.15) is 0 Å². The Morgan fingerprint density at radius 1 is 1.19 bits per heavy atom. The lowest BCUT2D eigenvalue weighted by atomic mass is 10.1. The van der Waals surface area contributed by atoms with E-state index in [9.17, 15) is 21.6 Å². The molecule has 0 aliphatic carbocycles. The molecule has 0 atom stereocenters. The van der Waals surface area contributed by atoms with E-state index in [4.69, 9.17) is 0 Å². The van der Waals surface area contributed by atoms with Gasteiger partial charge in [-0.25, -0.2) is 8.42 Å². The van der Waals surface area contributed by atoms with Gasteiger partial charge in [0.05, 0.1) is 4.90 Å². The molecule has 0 heterocycles. The Hall–Kier alpha value is -1.04. The van der Waals surface area contributed by atoms with Crippen LogP contribution in [0.15, 0.2) is 23.1 Å². The molecule has 0 saturated carbocycles. The zero-order chi connectivity index (χ0) is 12.6. The molecule has 0 unspecified atom stereocenters. The Kier molecular flexibility index (Phi) is 3.33. The third-order valence-electron chi connectivity index (χ3n) is 2.13. The summed E-state index contributed by atoms with van der Waals surface area (Å²) < 4.78 is 59.2. The number of rotatable bonds is 2. The molecule has 0 saturated heterocycles. The second-order valence-corrected chi connectivity index (χ2v) is 5.40. The second kappa shape index (κ2) is 4.08. The predicted octanol–water partition coefficient (Wildman–Crippen LogP) is 2.85. The van der Waals surface area contributed by atoms with Crippen LogP contribution in [0.1, 0.15) is 18.1 Å². The van der Waals surface area contributed by atoms with Crippen molar-refractivity contribution < 1.29 is 21.6 Å². The fraction of sp³-hybridized carbons (Fsp3) is 0.400. The van der Waals surface area contributed by atoms with E-state index in [-0.39, 0.29) is 0 Å². The molecular formula is C10H11F3O2S. The van der Waals surface area contributed by atoms with Gasteiger partial charge >= 0.3 is 5.51 Å². The van der Waals surface area contributed by atoms with Crippen LogP contribution in [-0.2, 0) is 16.3 Å². The van der Waals surface area contributed by atoms with Crippen molar-refractivity contribution in [1.82, 2.24) is 0 Å². The normalized spacial score (nSPS) is 12.8. The molecule has 1 aromatic rings. The quantitative estimate of drug-likeness (QED) is 0.811. The Morgan fingerprint density at radius 3 is 2.19 bits per heavy atom. The lowest BCUT2D eigenvalue weighted by molar-refractivity contribution is -0.0436. The molecule has 0 bridgehead atoms. The summed E-state index contributed by atoms with van der Waals surface area (Å²) in [4.78, 5) is -0.683. The molecule has 0 N–H and O–H groups in total. The number of alkyl halides is 3. The van der Waals surface area contributed by atoms with E-state index in [1.54, 1.807) is 19.9 Å². The van der Waals surface area contributed by atoms with Gasteiger partial charge in [0.25, 0.3) is 9.84 Å². The maximum atomic E-state index is 12.3. The highest BCUT2D eigenvalue weighted by molar-refractivity contribution is 7.92. The van der Waals surface area contributed by atoms with Crippen molar-refractivity contribution in [2.75, 3.05) is 0 Å². The largest absolute Gasteiger partial charge is 0.501 e. The number of benzene rings is 1. The van der Waals surface area contributed by atoms with Gasteiger partial charge in [0.2, 0.25) is 0 Å². The van der Waals surface area contributed by atoms with E-state index in [1.807, 2.05) is 0 Å². The first-order valence-corrected chi connectivity index (χ1v) is 6.08. The molecule has 6 heteroatoms. The van der Waals surface area contributed by atoms with Crippen molar-refractivity contribution in [1.29, 1.82) is 0 Å². The first-order chi connectivity index (χ1) is 7.18. The van der Waals surface area contributed by atoms with Gasteiger partial charge in [-0.1, -0.05) is 13.0 Å². The smallest absolute Gasteiger partial charge is 0.214 e. The molecule has 0 fully saturated rings. The molecule has 0 spiro atoms. The molecule has 0 amide bonds. The number of sulfone groups is 1. The maximum Gasteiger partial charge on any atom is 0.501 e. The number of aryl methyl sites for hydroxylation is 2. The van der Waals surface area contributed by atoms with Gasteiger partial charge in [-0.3, -0.25) is 0 Å². The standard InChI is InChI=1S/C10H11F3O2S/c1-3-8-4-7(2)5-9(6-8)16(14,15)10(11,12)13/h4-6H,3H2,1-2H3. The van der Waals surface area contributed by atoms with Gasteiger partial charge in [0.15, 0.2) is 0 Å². The van der Waals surface area contributed by atoms with Crippen LogP contribution < -0.4 is 0 Å². The van der Waals surface area contributed by atoms with Gasteiger partial charge in [0, 0.05) is 0 Å². The minimum Gasteiger partial charge on any atom is -0.214 e. The van der Waals surface area contributed by atoms with Crippen molar-refractivity contribution in [3.8, 4) is 0 Å². The van der Waals surface area contributed by atoms with E-state index in [0.29, 0.717) is 17.5 Å². The third kappa shape index (κ3) is 2.37. The fourth-order valence-electron chi connectivity index (χ4n) is 1.32. The van der Waals surface area contributed by atoms with Gasteiger partial charge in [-0.15, -0.1) is 0 Å². The summed E-state index contributed by atoms with van der Waals surface area (Å²) in [6, 6.07) is 3.76. The molecule has 16 heavy (non-hydrogen) atoms. The SMILES string of the molecule is CCc1cc(C)cc(S(=O)(=O)C(F)(F)F)c1. The average molecular weight is 252 g/mol. The maximum absolute atomic E-state index is 12.3. The molecule has 0 aliphatic rings. The van der Waals surface area contributed by atoms with E-state index < -0.39 is 20.2 Å².